The van der Waals surface area contributed by atoms with Crippen molar-refractivity contribution < 1.29 is 14.3 Å². The number of methoxy groups -OCH3 is 1. The molecule has 1 aliphatic heterocycles. The van der Waals surface area contributed by atoms with E-state index in [2.05, 4.69) is 4.74 Å². The maximum absolute atomic E-state index is 11.7. The van der Waals surface area contributed by atoms with Gasteiger partial charge in [0.2, 0.25) is 0 Å². The molecule has 2 rings (SSSR count). The van der Waals surface area contributed by atoms with E-state index in [1.165, 1.54) is 30.1 Å². The number of carbonyl (C=O) groups excluding carboxylic acids is 1. The molecule has 6 heteroatoms. The third kappa shape index (κ3) is 2.47. The summed E-state index contributed by atoms with van der Waals surface area (Å²) in [5, 5.41) is 1.85. The molecular formula is C11H14N2O4. The van der Waals surface area contributed by atoms with Gasteiger partial charge < -0.3 is 14.5 Å². The number of hydrogen-bond donors (Lipinski definition) is 0. The number of esters is 1. The van der Waals surface area contributed by atoms with Gasteiger partial charge in [-0.05, 0) is 6.07 Å². The first-order valence-electron chi connectivity index (χ1n) is 5.36. The SMILES string of the molecule is COC(=O)c1ccc(=O)n(N2CCOCC2)c1. The molecule has 1 aromatic heterocycles. The van der Waals surface area contributed by atoms with Crippen LogP contribution in [0.1, 0.15) is 10.4 Å². The summed E-state index contributed by atoms with van der Waals surface area (Å²) >= 11 is 0. The summed E-state index contributed by atoms with van der Waals surface area (Å²) in [5.74, 6) is -0.452. The van der Waals surface area contributed by atoms with Crippen LogP contribution in [-0.4, -0.2) is 44.1 Å². The van der Waals surface area contributed by atoms with Crippen LogP contribution in [0, 0.1) is 0 Å². The van der Waals surface area contributed by atoms with Gasteiger partial charge in [0.15, 0.2) is 0 Å². The number of morpholine rings is 1. The lowest BCUT2D eigenvalue weighted by molar-refractivity contribution is 0.0599. The largest absolute Gasteiger partial charge is 0.465 e. The lowest BCUT2D eigenvalue weighted by Crippen LogP contribution is -2.48. The van der Waals surface area contributed by atoms with Crippen molar-refractivity contribution in [2.75, 3.05) is 38.4 Å². The normalized spacial score (nSPS) is 15.7. The fourth-order valence-corrected chi connectivity index (χ4v) is 1.70. The predicted molar refractivity (Wildman–Crippen MR) is 60.8 cm³/mol. The van der Waals surface area contributed by atoms with E-state index in [0.29, 0.717) is 31.9 Å². The van der Waals surface area contributed by atoms with Crippen LogP contribution in [0.4, 0.5) is 0 Å². The summed E-state index contributed by atoms with van der Waals surface area (Å²) in [6.07, 6.45) is 1.50. The van der Waals surface area contributed by atoms with Gasteiger partial charge in [0.1, 0.15) is 0 Å². The lowest BCUT2D eigenvalue weighted by atomic mass is 10.3. The number of ether oxygens (including phenoxy) is 2. The molecule has 0 atom stereocenters. The maximum atomic E-state index is 11.7. The molecule has 92 valence electrons. The van der Waals surface area contributed by atoms with E-state index in [-0.39, 0.29) is 5.56 Å². The van der Waals surface area contributed by atoms with Crippen molar-refractivity contribution in [3.63, 3.8) is 0 Å². The Balaban J connectivity index is 2.31. The quantitative estimate of drug-likeness (QED) is 0.656. The van der Waals surface area contributed by atoms with Crippen LogP contribution in [0.2, 0.25) is 0 Å². The Morgan fingerprint density at radius 2 is 2.06 bits per heavy atom. The van der Waals surface area contributed by atoms with E-state index in [0.717, 1.165) is 0 Å². The number of pyridine rings is 1. The van der Waals surface area contributed by atoms with Gasteiger partial charge in [-0.2, -0.15) is 0 Å². The maximum Gasteiger partial charge on any atom is 0.339 e. The molecule has 2 heterocycles. The number of rotatable bonds is 2. The molecule has 17 heavy (non-hydrogen) atoms. The number of nitrogens with zero attached hydrogens (tertiary/aromatic N) is 2. The Bertz CT molecular complexity index is 463. The molecule has 0 spiro atoms. The monoisotopic (exact) mass is 238 g/mol. The molecule has 0 aromatic carbocycles. The molecule has 0 bridgehead atoms. The highest BCUT2D eigenvalue weighted by Gasteiger charge is 2.14. The zero-order valence-corrected chi connectivity index (χ0v) is 9.59. The lowest BCUT2D eigenvalue weighted by Gasteiger charge is -2.30. The molecule has 0 aliphatic carbocycles. The Hall–Kier alpha value is -1.82. The van der Waals surface area contributed by atoms with E-state index < -0.39 is 5.97 Å². The molecule has 1 aromatic rings. The van der Waals surface area contributed by atoms with Gasteiger partial charge >= 0.3 is 5.97 Å². The van der Waals surface area contributed by atoms with Gasteiger partial charge in [0.25, 0.3) is 5.56 Å². The van der Waals surface area contributed by atoms with Crippen molar-refractivity contribution in [2.24, 2.45) is 0 Å². The van der Waals surface area contributed by atoms with Crippen LogP contribution >= 0.6 is 0 Å². The zero-order chi connectivity index (χ0) is 12.3. The second-order valence-electron chi connectivity index (χ2n) is 3.66. The minimum atomic E-state index is -0.452. The smallest absolute Gasteiger partial charge is 0.339 e. The van der Waals surface area contributed by atoms with Crippen LogP contribution in [0.5, 0.6) is 0 Å². The minimum Gasteiger partial charge on any atom is -0.465 e. The summed E-state index contributed by atoms with van der Waals surface area (Å²) < 4.78 is 11.3. The van der Waals surface area contributed by atoms with Crippen LogP contribution in [0.25, 0.3) is 0 Å². The predicted octanol–water partition coefficient (Wildman–Crippen LogP) is -0.397. The molecule has 0 unspecified atom stereocenters. The average Bonchev–Trinajstić information content (AvgIpc) is 2.39. The van der Waals surface area contributed by atoms with E-state index in [9.17, 15) is 9.59 Å². The highest BCUT2D eigenvalue weighted by Crippen LogP contribution is 2.01. The van der Waals surface area contributed by atoms with Crippen molar-refractivity contribution in [1.82, 2.24) is 4.68 Å². The fourth-order valence-electron chi connectivity index (χ4n) is 1.70. The van der Waals surface area contributed by atoms with Gasteiger partial charge in [-0.1, -0.05) is 0 Å². The van der Waals surface area contributed by atoms with Gasteiger partial charge in [-0.3, -0.25) is 4.79 Å². The second-order valence-corrected chi connectivity index (χ2v) is 3.66. The molecule has 0 saturated carbocycles. The number of carbonyl (C=O) groups is 1. The molecular weight excluding hydrogens is 224 g/mol. The van der Waals surface area contributed by atoms with E-state index >= 15 is 0 Å². The Morgan fingerprint density at radius 3 is 2.71 bits per heavy atom. The fraction of sp³-hybridized carbons (Fsp3) is 0.455. The first kappa shape index (κ1) is 11.7. The van der Waals surface area contributed by atoms with E-state index in [1.54, 1.807) is 0 Å². The summed E-state index contributed by atoms with van der Waals surface area (Å²) in [7, 11) is 1.31. The van der Waals surface area contributed by atoms with E-state index in [1.807, 2.05) is 5.01 Å². The zero-order valence-electron chi connectivity index (χ0n) is 9.59. The Kier molecular flexibility index (Phi) is 3.43. The van der Waals surface area contributed by atoms with Gasteiger partial charge in [0, 0.05) is 12.3 Å². The summed E-state index contributed by atoms with van der Waals surface area (Å²) in [4.78, 5) is 23.1. The Morgan fingerprint density at radius 1 is 1.35 bits per heavy atom. The molecule has 6 nitrogen and oxygen atoms in total. The standard InChI is InChI=1S/C11H14N2O4/c1-16-11(15)9-2-3-10(14)13(8-9)12-4-6-17-7-5-12/h2-3,8H,4-7H2,1H3. The molecule has 0 N–H and O–H groups in total. The topological polar surface area (TPSA) is 60.8 Å². The summed E-state index contributed by atoms with van der Waals surface area (Å²) in [6.45, 7) is 2.42. The summed E-state index contributed by atoms with van der Waals surface area (Å²) in [6, 6.07) is 2.83. The van der Waals surface area contributed by atoms with Crippen molar-refractivity contribution in [3.05, 3.63) is 34.2 Å². The van der Waals surface area contributed by atoms with Crippen LogP contribution in [0.3, 0.4) is 0 Å². The van der Waals surface area contributed by atoms with E-state index in [4.69, 9.17) is 4.74 Å². The molecule has 1 saturated heterocycles. The highest BCUT2D eigenvalue weighted by molar-refractivity contribution is 5.88. The number of hydrogen-bond acceptors (Lipinski definition) is 5. The minimum absolute atomic E-state index is 0.167. The van der Waals surface area contributed by atoms with Crippen LogP contribution < -0.4 is 10.6 Å². The van der Waals surface area contributed by atoms with Gasteiger partial charge in [0.05, 0.1) is 39.0 Å². The molecule has 0 amide bonds. The van der Waals surface area contributed by atoms with Crippen LogP contribution in [0.15, 0.2) is 23.1 Å². The first-order chi connectivity index (χ1) is 8.22. The molecule has 1 fully saturated rings. The molecule has 1 aliphatic rings. The number of aromatic nitrogens is 1. The van der Waals surface area contributed by atoms with Crippen molar-refractivity contribution in [3.8, 4) is 0 Å². The Labute approximate surface area is 98.3 Å². The van der Waals surface area contributed by atoms with Crippen molar-refractivity contribution >= 4 is 5.97 Å². The average molecular weight is 238 g/mol. The van der Waals surface area contributed by atoms with Crippen molar-refractivity contribution in [2.45, 2.75) is 0 Å². The van der Waals surface area contributed by atoms with Crippen LogP contribution in [-0.2, 0) is 9.47 Å². The first-order valence-corrected chi connectivity index (χ1v) is 5.36. The third-order valence-corrected chi connectivity index (χ3v) is 2.61. The second kappa shape index (κ2) is 5.01. The highest BCUT2D eigenvalue weighted by atomic mass is 16.5. The summed E-state index contributed by atoms with van der Waals surface area (Å²) in [5.41, 5.74) is 0.193. The van der Waals surface area contributed by atoms with Crippen molar-refractivity contribution in [1.29, 1.82) is 0 Å². The third-order valence-electron chi connectivity index (χ3n) is 2.61. The van der Waals surface area contributed by atoms with Gasteiger partial charge in [-0.15, -0.1) is 0 Å². The molecule has 0 radical (unpaired) electrons. The van der Waals surface area contributed by atoms with Gasteiger partial charge in [-0.25, -0.2) is 9.47 Å².